The van der Waals surface area contributed by atoms with Crippen molar-refractivity contribution in [3.63, 3.8) is 0 Å². The van der Waals surface area contributed by atoms with E-state index >= 15 is 0 Å². The summed E-state index contributed by atoms with van der Waals surface area (Å²) in [7, 11) is 0. The van der Waals surface area contributed by atoms with Gasteiger partial charge in [-0.05, 0) is 25.0 Å². The van der Waals surface area contributed by atoms with Crippen molar-refractivity contribution in [2.24, 2.45) is 0 Å². The number of anilines is 2. The fraction of sp³-hybridized carbons (Fsp3) is 0.385. The van der Waals surface area contributed by atoms with E-state index < -0.39 is 5.67 Å². The van der Waals surface area contributed by atoms with Crippen LogP contribution in [0, 0.1) is 0 Å². The molecule has 1 amide bonds. The molecule has 1 fully saturated rings. The molecule has 0 aliphatic carbocycles. The third-order valence-electron chi connectivity index (χ3n) is 5.91. The molecule has 7 heteroatoms. The summed E-state index contributed by atoms with van der Waals surface area (Å²) in [5, 5.41) is 3.05. The Morgan fingerprint density at radius 1 is 1.21 bits per heavy atom. The minimum Gasteiger partial charge on any atom is -0.352 e. The molecular weight excluding hydrogens is 417 g/mol. The molecule has 33 heavy (non-hydrogen) atoms. The minimum absolute atomic E-state index is 0.175. The maximum Gasteiger partial charge on any atom is 0.258 e. The lowest BCUT2D eigenvalue weighted by Crippen LogP contribution is -2.28. The fourth-order valence-electron chi connectivity index (χ4n) is 4.01. The molecule has 6 nitrogen and oxygen atoms in total. The predicted octanol–water partition coefficient (Wildman–Crippen LogP) is 5.42. The maximum atomic E-state index is 14.7. The zero-order chi connectivity index (χ0) is 23.6. The van der Waals surface area contributed by atoms with Gasteiger partial charge in [-0.3, -0.25) is 4.79 Å². The number of alkyl halides is 1. The number of nitrogens with one attached hydrogen (secondary N) is 1. The lowest BCUT2D eigenvalue weighted by molar-refractivity contribution is 0.102. The molecular formula is C26H30FN5O. The summed E-state index contributed by atoms with van der Waals surface area (Å²) >= 11 is 0. The van der Waals surface area contributed by atoms with Crippen LogP contribution in [0.15, 0.2) is 48.8 Å². The van der Waals surface area contributed by atoms with Gasteiger partial charge in [0.25, 0.3) is 5.91 Å². The largest absolute Gasteiger partial charge is 0.352 e. The molecule has 1 N–H and O–H groups in total. The van der Waals surface area contributed by atoms with Gasteiger partial charge >= 0.3 is 0 Å². The number of aromatic nitrogens is 3. The number of halogens is 1. The molecule has 0 spiro atoms. The van der Waals surface area contributed by atoms with Crippen molar-refractivity contribution in [3.8, 4) is 11.1 Å². The standard InChI is InChI=1S/C26H30FN5O/c1-5-20-13-21(18-9-7-6-8-10-18)22(24(30-20)32-12-11-26(4,27)16-32)31-25(33)19-14-28-23(17(2)3)29-15-19/h6-10,13-15,17H,5,11-12,16H2,1-4H3,(H,31,33). The van der Waals surface area contributed by atoms with E-state index in [0.29, 0.717) is 35.9 Å². The Morgan fingerprint density at radius 3 is 2.48 bits per heavy atom. The Kier molecular flexibility index (Phi) is 6.40. The lowest BCUT2D eigenvalue weighted by atomic mass is 10.0. The monoisotopic (exact) mass is 447 g/mol. The molecule has 4 rings (SSSR count). The van der Waals surface area contributed by atoms with Crippen LogP contribution in [0.3, 0.4) is 0 Å². The Balaban J connectivity index is 1.79. The Morgan fingerprint density at radius 2 is 1.91 bits per heavy atom. The average Bonchev–Trinajstić information content (AvgIpc) is 3.19. The van der Waals surface area contributed by atoms with Crippen LogP contribution in [0.5, 0.6) is 0 Å². The number of rotatable bonds is 6. The molecule has 2 aromatic heterocycles. The van der Waals surface area contributed by atoms with Crippen LogP contribution in [0.1, 0.15) is 61.9 Å². The number of pyridine rings is 1. The van der Waals surface area contributed by atoms with E-state index in [2.05, 4.69) is 15.3 Å². The van der Waals surface area contributed by atoms with Gasteiger partial charge in [-0.1, -0.05) is 51.1 Å². The molecule has 1 aliphatic heterocycles. The molecule has 0 radical (unpaired) electrons. The van der Waals surface area contributed by atoms with Crippen LogP contribution in [0.4, 0.5) is 15.9 Å². The van der Waals surface area contributed by atoms with Crippen molar-refractivity contribution in [2.75, 3.05) is 23.3 Å². The summed E-state index contributed by atoms with van der Waals surface area (Å²) < 4.78 is 14.7. The number of carbonyl (C=O) groups is 1. The van der Waals surface area contributed by atoms with Crippen LogP contribution in [0.2, 0.25) is 0 Å². The quantitative estimate of drug-likeness (QED) is 0.547. The second-order valence-electron chi connectivity index (χ2n) is 9.10. The molecule has 0 bridgehead atoms. The Labute approximate surface area is 194 Å². The summed E-state index contributed by atoms with van der Waals surface area (Å²) in [6.07, 6.45) is 4.24. The lowest BCUT2D eigenvalue weighted by Gasteiger charge is -2.25. The molecule has 3 heterocycles. The van der Waals surface area contributed by atoms with Gasteiger partial charge in [0.1, 0.15) is 11.5 Å². The van der Waals surface area contributed by atoms with Crippen molar-refractivity contribution in [1.29, 1.82) is 0 Å². The van der Waals surface area contributed by atoms with Gasteiger partial charge in [0.05, 0.1) is 17.8 Å². The number of benzene rings is 1. The van der Waals surface area contributed by atoms with Crippen molar-refractivity contribution in [3.05, 3.63) is 65.9 Å². The normalized spacial score (nSPS) is 18.1. The van der Waals surface area contributed by atoms with Gasteiger partial charge in [0.15, 0.2) is 5.82 Å². The molecule has 1 aliphatic rings. The Bertz CT molecular complexity index is 1130. The molecule has 3 aromatic rings. The summed E-state index contributed by atoms with van der Waals surface area (Å²) in [6, 6.07) is 11.9. The van der Waals surface area contributed by atoms with E-state index in [1.807, 2.05) is 62.1 Å². The Hall–Kier alpha value is -3.35. The number of hydrogen-bond donors (Lipinski definition) is 1. The van der Waals surface area contributed by atoms with Crippen LogP contribution in [0.25, 0.3) is 11.1 Å². The zero-order valence-corrected chi connectivity index (χ0v) is 19.6. The second kappa shape index (κ2) is 9.25. The molecule has 1 saturated heterocycles. The van der Waals surface area contributed by atoms with E-state index in [9.17, 15) is 9.18 Å². The third kappa shape index (κ3) is 5.02. The summed E-state index contributed by atoms with van der Waals surface area (Å²) in [5.41, 5.74) is 2.35. The second-order valence-corrected chi connectivity index (χ2v) is 9.10. The topological polar surface area (TPSA) is 71.0 Å². The predicted molar refractivity (Wildman–Crippen MR) is 129 cm³/mol. The molecule has 172 valence electrons. The van der Waals surface area contributed by atoms with Crippen LogP contribution < -0.4 is 10.2 Å². The van der Waals surface area contributed by atoms with Crippen LogP contribution in [-0.2, 0) is 6.42 Å². The van der Waals surface area contributed by atoms with E-state index in [1.165, 1.54) is 0 Å². The highest BCUT2D eigenvalue weighted by molar-refractivity contribution is 6.08. The van der Waals surface area contributed by atoms with Crippen molar-refractivity contribution >= 4 is 17.4 Å². The highest BCUT2D eigenvalue weighted by atomic mass is 19.1. The van der Waals surface area contributed by atoms with Gasteiger partial charge in [0.2, 0.25) is 0 Å². The van der Waals surface area contributed by atoms with Gasteiger partial charge in [0, 0.05) is 42.5 Å². The zero-order valence-electron chi connectivity index (χ0n) is 19.6. The molecule has 1 aromatic carbocycles. The van der Waals surface area contributed by atoms with E-state index in [-0.39, 0.29) is 18.4 Å². The number of carbonyl (C=O) groups excluding carboxylic acids is 1. The highest BCUT2D eigenvalue weighted by Gasteiger charge is 2.36. The minimum atomic E-state index is -1.29. The highest BCUT2D eigenvalue weighted by Crippen LogP contribution is 2.39. The maximum absolute atomic E-state index is 14.7. The first-order valence-electron chi connectivity index (χ1n) is 11.4. The summed E-state index contributed by atoms with van der Waals surface area (Å²) in [5.74, 6) is 1.14. The van der Waals surface area contributed by atoms with E-state index in [4.69, 9.17) is 4.98 Å². The van der Waals surface area contributed by atoms with Crippen LogP contribution in [-0.4, -0.2) is 39.6 Å². The smallest absolute Gasteiger partial charge is 0.258 e. The van der Waals surface area contributed by atoms with Gasteiger partial charge < -0.3 is 10.2 Å². The summed E-state index contributed by atoms with van der Waals surface area (Å²) in [6.45, 7) is 8.43. The SMILES string of the molecule is CCc1cc(-c2ccccc2)c(NC(=O)c2cnc(C(C)C)nc2)c(N2CCC(C)(F)C2)n1. The van der Waals surface area contributed by atoms with Gasteiger partial charge in [-0.15, -0.1) is 0 Å². The van der Waals surface area contributed by atoms with Crippen molar-refractivity contribution in [1.82, 2.24) is 15.0 Å². The number of nitrogens with zero attached hydrogens (tertiary/aromatic N) is 4. The van der Waals surface area contributed by atoms with Gasteiger partial charge in [-0.2, -0.15) is 0 Å². The first-order chi connectivity index (χ1) is 15.8. The number of aryl methyl sites for hydroxylation is 1. The molecule has 1 unspecified atom stereocenters. The summed E-state index contributed by atoms with van der Waals surface area (Å²) in [4.78, 5) is 28.6. The number of amides is 1. The average molecular weight is 448 g/mol. The van der Waals surface area contributed by atoms with Crippen LogP contribution >= 0.6 is 0 Å². The van der Waals surface area contributed by atoms with Crippen molar-refractivity contribution in [2.45, 2.75) is 52.1 Å². The van der Waals surface area contributed by atoms with E-state index in [0.717, 1.165) is 23.2 Å². The first-order valence-corrected chi connectivity index (χ1v) is 11.4. The fourth-order valence-corrected chi connectivity index (χ4v) is 4.01. The van der Waals surface area contributed by atoms with E-state index in [1.54, 1.807) is 19.3 Å². The third-order valence-corrected chi connectivity index (χ3v) is 5.91. The number of hydrogen-bond acceptors (Lipinski definition) is 5. The van der Waals surface area contributed by atoms with Crippen molar-refractivity contribution < 1.29 is 9.18 Å². The van der Waals surface area contributed by atoms with Gasteiger partial charge in [-0.25, -0.2) is 19.3 Å². The first kappa shape index (κ1) is 22.8. The molecule has 0 saturated carbocycles. The molecule has 1 atom stereocenters.